The molecule has 4 nitrogen and oxygen atoms in total. The van der Waals surface area contributed by atoms with Crippen LogP contribution in [0.2, 0.25) is 0 Å². The Morgan fingerprint density at radius 1 is 1.26 bits per heavy atom. The Balaban J connectivity index is 1.93. The van der Waals surface area contributed by atoms with E-state index in [1.807, 2.05) is 6.20 Å². The highest BCUT2D eigenvalue weighted by atomic mass is 16.1. The van der Waals surface area contributed by atoms with E-state index in [2.05, 4.69) is 35.6 Å². The molecule has 2 rings (SSSR count). The minimum Gasteiger partial charge on any atom is -0.356 e. The number of rotatable bonds is 6. The second kappa shape index (κ2) is 9.09. The third kappa shape index (κ3) is 5.67. The molecular weight excluding hydrogens is 286 g/mol. The summed E-state index contributed by atoms with van der Waals surface area (Å²) < 4.78 is 2.44. The lowest BCUT2D eigenvalue weighted by Gasteiger charge is -2.24. The van der Waals surface area contributed by atoms with Crippen molar-refractivity contribution in [3.05, 3.63) is 17.7 Å². The third-order valence-electron chi connectivity index (χ3n) is 4.76. The summed E-state index contributed by atoms with van der Waals surface area (Å²) in [6.45, 7) is 7.00. The molecule has 1 amide bonds. The van der Waals surface area contributed by atoms with Crippen LogP contribution in [0.5, 0.6) is 0 Å². The maximum absolute atomic E-state index is 11.8. The summed E-state index contributed by atoms with van der Waals surface area (Å²) in [5.41, 5.74) is 1.26. The predicted octanol–water partition coefficient (Wildman–Crippen LogP) is 4.18. The summed E-state index contributed by atoms with van der Waals surface area (Å²) in [7, 11) is 0. The van der Waals surface area contributed by atoms with Gasteiger partial charge in [0.25, 0.3) is 0 Å². The van der Waals surface area contributed by atoms with Crippen LogP contribution in [0.3, 0.4) is 0 Å². The third-order valence-corrected chi connectivity index (χ3v) is 4.76. The quantitative estimate of drug-likeness (QED) is 0.855. The Labute approximate surface area is 141 Å². The number of imidazole rings is 1. The molecule has 1 heterocycles. The normalized spacial score (nSPS) is 17.0. The first-order valence-corrected chi connectivity index (χ1v) is 9.37. The molecule has 0 bridgehead atoms. The van der Waals surface area contributed by atoms with Gasteiger partial charge in [0.05, 0.1) is 0 Å². The summed E-state index contributed by atoms with van der Waals surface area (Å²) in [4.78, 5) is 16.4. The van der Waals surface area contributed by atoms with Gasteiger partial charge in [0.15, 0.2) is 0 Å². The standard InChI is InChI=1S/C19H33N3O/c1-15(2)13-19(23)20-12-11-18-21-14-16(3)22(18)17-9-7-5-4-6-8-10-17/h14-15,17H,4-13H2,1-3H3,(H,20,23). The zero-order valence-corrected chi connectivity index (χ0v) is 15.1. The topological polar surface area (TPSA) is 46.9 Å². The van der Waals surface area contributed by atoms with Crippen LogP contribution >= 0.6 is 0 Å². The van der Waals surface area contributed by atoms with Gasteiger partial charge >= 0.3 is 0 Å². The highest BCUT2D eigenvalue weighted by Crippen LogP contribution is 2.28. The van der Waals surface area contributed by atoms with E-state index in [4.69, 9.17) is 0 Å². The van der Waals surface area contributed by atoms with Gasteiger partial charge in [-0.3, -0.25) is 4.79 Å². The molecule has 0 spiro atoms. The fraction of sp³-hybridized carbons (Fsp3) is 0.789. The molecule has 0 atom stereocenters. The second-order valence-corrected chi connectivity index (χ2v) is 7.38. The minimum absolute atomic E-state index is 0.154. The van der Waals surface area contributed by atoms with Gasteiger partial charge in [-0.2, -0.15) is 0 Å². The average Bonchev–Trinajstić information content (AvgIpc) is 2.79. The van der Waals surface area contributed by atoms with E-state index in [0.717, 1.165) is 12.2 Å². The van der Waals surface area contributed by atoms with Crippen LogP contribution < -0.4 is 5.32 Å². The van der Waals surface area contributed by atoms with Crippen molar-refractivity contribution in [2.75, 3.05) is 6.54 Å². The first-order chi connectivity index (χ1) is 11.1. The number of aryl methyl sites for hydroxylation is 1. The molecular formula is C19H33N3O. The van der Waals surface area contributed by atoms with Crippen molar-refractivity contribution in [3.63, 3.8) is 0 Å². The maximum atomic E-state index is 11.8. The van der Waals surface area contributed by atoms with Crippen molar-refractivity contribution in [1.82, 2.24) is 14.9 Å². The van der Waals surface area contributed by atoms with Crippen LogP contribution in [0.1, 0.15) is 82.8 Å². The number of hydrogen-bond acceptors (Lipinski definition) is 2. The summed E-state index contributed by atoms with van der Waals surface area (Å²) in [5.74, 6) is 1.70. The monoisotopic (exact) mass is 319 g/mol. The van der Waals surface area contributed by atoms with E-state index in [9.17, 15) is 4.79 Å². The van der Waals surface area contributed by atoms with Crippen molar-refractivity contribution in [2.24, 2.45) is 5.92 Å². The largest absolute Gasteiger partial charge is 0.356 e. The molecule has 23 heavy (non-hydrogen) atoms. The number of amides is 1. The van der Waals surface area contributed by atoms with Crippen LogP contribution in [-0.4, -0.2) is 22.0 Å². The lowest BCUT2D eigenvalue weighted by Crippen LogP contribution is -2.28. The van der Waals surface area contributed by atoms with E-state index in [1.165, 1.54) is 50.6 Å². The van der Waals surface area contributed by atoms with Crippen molar-refractivity contribution in [3.8, 4) is 0 Å². The van der Waals surface area contributed by atoms with Gasteiger partial charge in [-0.25, -0.2) is 4.98 Å². The number of hydrogen-bond donors (Lipinski definition) is 1. The number of carbonyl (C=O) groups is 1. The molecule has 0 unspecified atom stereocenters. The fourth-order valence-corrected chi connectivity index (χ4v) is 3.63. The molecule has 0 aromatic carbocycles. The molecule has 0 saturated heterocycles. The molecule has 1 aliphatic rings. The van der Waals surface area contributed by atoms with Gasteiger partial charge in [0.1, 0.15) is 5.82 Å². The molecule has 130 valence electrons. The Morgan fingerprint density at radius 2 is 1.91 bits per heavy atom. The summed E-state index contributed by atoms with van der Waals surface area (Å²) in [5, 5.41) is 3.03. The number of aromatic nitrogens is 2. The molecule has 1 aromatic rings. The van der Waals surface area contributed by atoms with Crippen molar-refractivity contribution in [1.29, 1.82) is 0 Å². The summed E-state index contributed by atoms with van der Waals surface area (Å²) in [6, 6.07) is 0.596. The lowest BCUT2D eigenvalue weighted by molar-refractivity contribution is -0.121. The smallest absolute Gasteiger partial charge is 0.220 e. The van der Waals surface area contributed by atoms with Gasteiger partial charge in [-0.15, -0.1) is 0 Å². The van der Waals surface area contributed by atoms with Crippen molar-refractivity contribution in [2.45, 2.75) is 84.6 Å². The molecule has 1 aromatic heterocycles. The number of nitrogens with zero attached hydrogens (tertiary/aromatic N) is 2. The number of carbonyl (C=O) groups excluding carboxylic acids is 1. The van der Waals surface area contributed by atoms with Crippen LogP contribution in [0.25, 0.3) is 0 Å². The SMILES string of the molecule is Cc1cnc(CCNC(=O)CC(C)C)n1C1CCCCCCC1. The molecule has 0 radical (unpaired) electrons. The zero-order valence-electron chi connectivity index (χ0n) is 15.1. The van der Waals surface area contributed by atoms with Gasteiger partial charge in [0, 0.05) is 37.3 Å². The molecule has 1 aliphatic carbocycles. The second-order valence-electron chi connectivity index (χ2n) is 7.38. The first-order valence-electron chi connectivity index (χ1n) is 9.37. The van der Waals surface area contributed by atoms with Gasteiger partial charge in [0.2, 0.25) is 5.91 Å². The van der Waals surface area contributed by atoms with E-state index in [1.54, 1.807) is 0 Å². The Morgan fingerprint density at radius 3 is 2.57 bits per heavy atom. The molecule has 1 N–H and O–H groups in total. The highest BCUT2D eigenvalue weighted by Gasteiger charge is 2.18. The van der Waals surface area contributed by atoms with E-state index in [0.29, 0.717) is 24.9 Å². The van der Waals surface area contributed by atoms with Crippen molar-refractivity contribution >= 4 is 5.91 Å². The van der Waals surface area contributed by atoms with Crippen LogP contribution in [-0.2, 0) is 11.2 Å². The highest BCUT2D eigenvalue weighted by molar-refractivity contribution is 5.76. The molecule has 1 fully saturated rings. The zero-order chi connectivity index (χ0) is 16.7. The van der Waals surface area contributed by atoms with E-state index >= 15 is 0 Å². The van der Waals surface area contributed by atoms with Gasteiger partial charge in [-0.1, -0.05) is 46.0 Å². The predicted molar refractivity (Wildman–Crippen MR) is 94.5 cm³/mol. The van der Waals surface area contributed by atoms with Crippen LogP contribution in [0, 0.1) is 12.8 Å². The fourth-order valence-electron chi connectivity index (χ4n) is 3.63. The summed E-state index contributed by atoms with van der Waals surface area (Å²) >= 11 is 0. The molecule has 0 aliphatic heterocycles. The minimum atomic E-state index is 0.154. The van der Waals surface area contributed by atoms with E-state index < -0.39 is 0 Å². The lowest BCUT2D eigenvalue weighted by atomic mass is 9.96. The van der Waals surface area contributed by atoms with Gasteiger partial charge < -0.3 is 9.88 Å². The van der Waals surface area contributed by atoms with E-state index in [-0.39, 0.29) is 5.91 Å². The van der Waals surface area contributed by atoms with Crippen molar-refractivity contribution < 1.29 is 4.79 Å². The summed E-state index contributed by atoms with van der Waals surface area (Å²) in [6.07, 6.45) is 12.7. The number of nitrogens with one attached hydrogen (secondary N) is 1. The first kappa shape index (κ1) is 18.0. The Bertz CT molecular complexity index is 485. The van der Waals surface area contributed by atoms with Gasteiger partial charge in [-0.05, 0) is 25.7 Å². The average molecular weight is 319 g/mol. The molecule has 1 saturated carbocycles. The Kier molecular flexibility index (Phi) is 7.13. The van der Waals surface area contributed by atoms with Crippen LogP contribution in [0.15, 0.2) is 6.20 Å². The molecule has 4 heteroatoms. The Hall–Kier alpha value is -1.32. The van der Waals surface area contributed by atoms with Crippen LogP contribution in [0.4, 0.5) is 0 Å². The maximum Gasteiger partial charge on any atom is 0.220 e.